The number of nitrogens with zero attached hydrogens (tertiary/aromatic N) is 2. The zero-order chi connectivity index (χ0) is 15.5. The number of benzene rings is 1. The number of thiazole rings is 1. The molecule has 108 valence electrons. The highest BCUT2D eigenvalue weighted by Crippen LogP contribution is 2.28. The number of nitriles is 1. The predicted octanol–water partition coefficient (Wildman–Crippen LogP) is 5.88. The van der Waals surface area contributed by atoms with Crippen molar-refractivity contribution in [3.05, 3.63) is 62.2 Å². The van der Waals surface area contributed by atoms with E-state index in [-0.39, 0.29) is 0 Å². The highest BCUT2D eigenvalue weighted by molar-refractivity contribution is 9.10. The maximum atomic E-state index is 9.34. The Kier molecular flexibility index (Phi) is 4.44. The van der Waals surface area contributed by atoms with Crippen molar-refractivity contribution in [1.82, 2.24) is 4.98 Å². The summed E-state index contributed by atoms with van der Waals surface area (Å²) in [6.45, 7) is 0. The van der Waals surface area contributed by atoms with E-state index in [0.29, 0.717) is 26.0 Å². The lowest BCUT2D eigenvalue weighted by Crippen LogP contribution is -1.82. The van der Waals surface area contributed by atoms with E-state index < -0.39 is 0 Å². The fourth-order valence-corrected chi connectivity index (χ4v) is 3.08. The Balaban J connectivity index is 1.93. The molecular weight excluding hydrogens is 384 g/mol. The summed E-state index contributed by atoms with van der Waals surface area (Å²) < 4.78 is 6.02. The van der Waals surface area contributed by atoms with Crippen LogP contribution in [0.2, 0.25) is 5.02 Å². The minimum Gasteiger partial charge on any atom is -0.450 e. The van der Waals surface area contributed by atoms with Crippen LogP contribution < -0.4 is 0 Å². The van der Waals surface area contributed by atoms with Gasteiger partial charge in [-0.3, -0.25) is 0 Å². The van der Waals surface area contributed by atoms with Crippen molar-refractivity contribution in [3.63, 3.8) is 0 Å². The predicted molar refractivity (Wildman–Crippen MR) is 92.5 cm³/mol. The minimum absolute atomic E-state index is 0.465. The average Bonchev–Trinajstić information content (AvgIpc) is 3.15. The smallest absolute Gasteiger partial charge is 0.169 e. The molecule has 3 rings (SSSR count). The molecule has 0 radical (unpaired) electrons. The fourth-order valence-electron chi connectivity index (χ4n) is 1.84. The van der Waals surface area contributed by atoms with Crippen molar-refractivity contribution < 1.29 is 4.42 Å². The third-order valence-corrected chi connectivity index (χ3v) is 4.43. The van der Waals surface area contributed by atoms with Gasteiger partial charge in [0.15, 0.2) is 4.67 Å². The van der Waals surface area contributed by atoms with Crippen LogP contribution in [0.15, 0.2) is 50.9 Å². The summed E-state index contributed by atoms with van der Waals surface area (Å²) in [5.74, 6) is 0.603. The number of allylic oxidation sites excluding steroid dienone is 1. The van der Waals surface area contributed by atoms with E-state index in [4.69, 9.17) is 16.0 Å². The second-order valence-electron chi connectivity index (χ2n) is 4.36. The number of aromatic nitrogens is 1. The topological polar surface area (TPSA) is 49.8 Å². The van der Waals surface area contributed by atoms with Gasteiger partial charge in [-0.1, -0.05) is 23.7 Å². The molecule has 0 N–H and O–H groups in total. The first-order valence-corrected chi connectivity index (χ1v) is 8.30. The van der Waals surface area contributed by atoms with Crippen LogP contribution in [0.1, 0.15) is 10.8 Å². The molecule has 22 heavy (non-hydrogen) atoms. The van der Waals surface area contributed by atoms with Crippen LogP contribution in [-0.2, 0) is 0 Å². The van der Waals surface area contributed by atoms with Gasteiger partial charge in [0.05, 0.1) is 11.3 Å². The molecule has 1 aromatic carbocycles. The van der Waals surface area contributed by atoms with Crippen LogP contribution in [-0.4, -0.2) is 4.98 Å². The standard InChI is InChI=1S/C16H8BrClN2OS/c17-15-6-5-13(21-15)7-11(8-19)16-20-14(9-22-16)10-1-3-12(18)4-2-10/h1-7,9H/b11-7-. The summed E-state index contributed by atoms with van der Waals surface area (Å²) in [4.78, 5) is 4.52. The zero-order valence-electron chi connectivity index (χ0n) is 11.1. The summed E-state index contributed by atoms with van der Waals surface area (Å²) >= 11 is 10.5. The van der Waals surface area contributed by atoms with Crippen LogP contribution in [0.3, 0.4) is 0 Å². The molecular formula is C16H8BrClN2OS. The van der Waals surface area contributed by atoms with Gasteiger partial charge in [0, 0.05) is 22.0 Å². The normalized spacial score (nSPS) is 11.4. The Morgan fingerprint density at radius 1 is 1.27 bits per heavy atom. The van der Waals surface area contributed by atoms with Crippen molar-refractivity contribution in [2.24, 2.45) is 0 Å². The van der Waals surface area contributed by atoms with E-state index in [0.717, 1.165) is 11.3 Å². The zero-order valence-corrected chi connectivity index (χ0v) is 14.2. The molecule has 0 saturated heterocycles. The lowest BCUT2D eigenvalue weighted by molar-refractivity contribution is 0.532. The van der Waals surface area contributed by atoms with Crippen LogP contribution >= 0.6 is 38.9 Å². The number of hydrogen-bond acceptors (Lipinski definition) is 4. The second kappa shape index (κ2) is 6.49. The number of halogens is 2. The summed E-state index contributed by atoms with van der Waals surface area (Å²) in [5, 5.41) is 12.6. The van der Waals surface area contributed by atoms with E-state index >= 15 is 0 Å². The van der Waals surface area contributed by atoms with Crippen molar-refractivity contribution in [1.29, 1.82) is 5.26 Å². The Labute approximate surface area is 144 Å². The van der Waals surface area contributed by atoms with Crippen molar-refractivity contribution >= 4 is 50.5 Å². The third kappa shape index (κ3) is 3.30. The van der Waals surface area contributed by atoms with Gasteiger partial charge in [-0.05, 0) is 40.2 Å². The van der Waals surface area contributed by atoms with Crippen LogP contribution in [0.5, 0.6) is 0 Å². The Morgan fingerprint density at radius 2 is 2.05 bits per heavy atom. The van der Waals surface area contributed by atoms with E-state index in [9.17, 15) is 5.26 Å². The molecule has 0 atom stereocenters. The van der Waals surface area contributed by atoms with Gasteiger partial charge in [0.2, 0.25) is 0 Å². The van der Waals surface area contributed by atoms with Gasteiger partial charge in [-0.2, -0.15) is 5.26 Å². The molecule has 0 spiro atoms. The molecule has 0 fully saturated rings. The molecule has 2 heterocycles. The molecule has 0 bridgehead atoms. The van der Waals surface area contributed by atoms with Crippen LogP contribution in [0, 0.1) is 11.3 Å². The Morgan fingerprint density at radius 3 is 2.68 bits per heavy atom. The highest BCUT2D eigenvalue weighted by Gasteiger charge is 2.10. The SMILES string of the molecule is N#C/C(=C/c1ccc(Br)o1)c1nc(-c2ccc(Cl)cc2)cs1. The first-order valence-electron chi connectivity index (χ1n) is 6.24. The Bertz CT molecular complexity index is 874. The lowest BCUT2D eigenvalue weighted by atomic mass is 10.2. The quantitative estimate of drug-likeness (QED) is 0.524. The van der Waals surface area contributed by atoms with E-state index in [1.807, 2.05) is 29.6 Å². The first kappa shape index (κ1) is 15.0. The van der Waals surface area contributed by atoms with Crippen LogP contribution in [0.4, 0.5) is 0 Å². The summed E-state index contributed by atoms with van der Waals surface area (Å²) in [6, 6.07) is 13.2. The number of rotatable bonds is 3. The third-order valence-electron chi connectivity index (χ3n) is 2.88. The fraction of sp³-hybridized carbons (Fsp3) is 0. The van der Waals surface area contributed by atoms with Gasteiger partial charge in [0.25, 0.3) is 0 Å². The van der Waals surface area contributed by atoms with Crippen molar-refractivity contribution in [2.45, 2.75) is 0 Å². The molecule has 0 aliphatic rings. The lowest BCUT2D eigenvalue weighted by Gasteiger charge is -1.96. The molecule has 6 heteroatoms. The minimum atomic E-state index is 0.465. The molecule has 2 aromatic heterocycles. The molecule has 0 amide bonds. The van der Waals surface area contributed by atoms with Crippen molar-refractivity contribution in [3.8, 4) is 17.3 Å². The molecule has 0 aliphatic heterocycles. The second-order valence-corrected chi connectivity index (χ2v) is 6.43. The molecule has 0 aliphatic carbocycles. The largest absolute Gasteiger partial charge is 0.450 e. The first-order chi connectivity index (χ1) is 10.7. The van der Waals surface area contributed by atoms with E-state index in [1.54, 1.807) is 18.2 Å². The highest BCUT2D eigenvalue weighted by atomic mass is 79.9. The summed E-state index contributed by atoms with van der Waals surface area (Å²) in [7, 11) is 0. The van der Waals surface area contributed by atoms with Gasteiger partial charge < -0.3 is 4.42 Å². The van der Waals surface area contributed by atoms with Gasteiger partial charge >= 0.3 is 0 Å². The summed E-state index contributed by atoms with van der Waals surface area (Å²) in [6.07, 6.45) is 1.68. The van der Waals surface area contributed by atoms with Crippen LogP contribution in [0.25, 0.3) is 22.9 Å². The van der Waals surface area contributed by atoms with E-state index in [2.05, 4.69) is 27.0 Å². The molecule has 0 saturated carbocycles. The van der Waals surface area contributed by atoms with Gasteiger partial charge in [-0.15, -0.1) is 11.3 Å². The molecule has 3 aromatic rings. The number of furan rings is 1. The van der Waals surface area contributed by atoms with Crippen molar-refractivity contribution in [2.75, 3.05) is 0 Å². The van der Waals surface area contributed by atoms with E-state index in [1.165, 1.54) is 11.3 Å². The summed E-state index contributed by atoms with van der Waals surface area (Å²) in [5.41, 5.74) is 2.25. The Hall–Kier alpha value is -1.87. The maximum absolute atomic E-state index is 9.34. The molecule has 0 unspecified atom stereocenters. The average molecular weight is 392 g/mol. The molecule has 3 nitrogen and oxygen atoms in total. The van der Waals surface area contributed by atoms with Gasteiger partial charge in [0.1, 0.15) is 16.8 Å². The number of hydrogen-bond donors (Lipinski definition) is 0. The maximum Gasteiger partial charge on any atom is 0.169 e. The van der Waals surface area contributed by atoms with Gasteiger partial charge in [-0.25, -0.2) is 4.98 Å². The monoisotopic (exact) mass is 390 g/mol.